The van der Waals surface area contributed by atoms with Crippen molar-refractivity contribution in [2.45, 2.75) is 78.3 Å². The first-order valence-corrected chi connectivity index (χ1v) is 8.41. The van der Waals surface area contributed by atoms with Crippen LogP contribution in [0.1, 0.15) is 66.2 Å². The van der Waals surface area contributed by atoms with Gasteiger partial charge in [0.15, 0.2) is 0 Å². The quantitative estimate of drug-likeness (QED) is 0.816. The first-order chi connectivity index (χ1) is 9.38. The molecule has 1 saturated carbocycles. The third-order valence-electron chi connectivity index (χ3n) is 5.20. The molecule has 3 nitrogen and oxygen atoms in total. The summed E-state index contributed by atoms with van der Waals surface area (Å²) in [6, 6.07) is 0.866. The fourth-order valence-electron chi connectivity index (χ4n) is 4.01. The maximum atomic E-state index is 12.5. The summed E-state index contributed by atoms with van der Waals surface area (Å²) in [6.07, 6.45) is 6.98. The molecule has 0 aromatic rings. The van der Waals surface area contributed by atoms with Crippen molar-refractivity contribution in [2.24, 2.45) is 17.3 Å². The topological polar surface area (TPSA) is 41.1 Å². The molecule has 1 saturated heterocycles. The summed E-state index contributed by atoms with van der Waals surface area (Å²) in [5, 5.41) is 6.82. The van der Waals surface area contributed by atoms with E-state index in [9.17, 15) is 4.79 Å². The highest BCUT2D eigenvalue weighted by atomic mass is 16.1. The van der Waals surface area contributed by atoms with Gasteiger partial charge in [0, 0.05) is 18.0 Å². The van der Waals surface area contributed by atoms with Gasteiger partial charge in [-0.05, 0) is 50.5 Å². The van der Waals surface area contributed by atoms with Crippen molar-refractivity contribution in [3.05, 3.63) is 0 Å². The van der Waals surface area contributed by atoms with Crippen molar-refractivity contribution < 1.29 is 4.79 Å². The summed E-state index contributed by atoms with van der Waals surface area (Å²) >= 11 is 0. The second-order valence-electron chi connectivity index (χ2n) is 7.95. The van der Waals surface area contributed by atoms with Gasteiger partial charge in [0.25, 0.3) is 0 Å². The zero-order valence-corrected chi connectivity index (χ0v) is 13.7. The lowest BCUT2D eigenvalue weighted by molar-refractivity contribution is -0.127. The normalized spacial score (nSPS) is 35.6. The Morgan fingerprint density at radius 1 is 1.15 bits per heavy atom. The Morgan fingerprint density at radius 2 is 1.85 bits per heavy atom. The lowest BCUT2D eigenvalue weighted by Gasteiger charge is -2.41. The van der Waals surface area contributed by atoms with Gasteiger partial charge in [-0.15, -0.1) is 0 Å². The predicted molar refractivity (Wildman–Crippen MR) is 83.5 cm³/mol. The highest BCUT2D eigenvalue weighted by Crippen LogP contribution is 2.38. The smallest absolute Gasteiger partial charge is 0.223 e. The molecular weight excluding hydrogens is 248 g/mol. The summed E-state index contributed by atoms with van der Waals surface area (Å²) in [5.41, 5.74) is 0.291. The Labute approximate surface area is 124 Å². The first kappa shape index (κ1) is 15.8. The maximum absolute atomic E-state index is 12.5. The van der Waals surface area contributed by atoms with Crippen molar-refractivity contribution in [3.63, 3.8) is 0 Å². The molecule has 0 radical (unpaired) electrons. The summed E-state index contributed by atoms with van der Waals surface area (Å²) in [7, 11) is 0. The number of hydrogen-bond acceptors (Lipinski definition) is 2. The molecule has 2 unspecified atom stereocenters. The molecule has 0 spiro atoms. The number of rotatable bonds is 2. The molecule has 1 heterocycles. The van der Waals surface area contributed by atoms with Crippen LogP contribution in [0.4, 0.5) is 0 Å². The van der Waals surface area contributed by atoms with Gasteiger partial charge in [-0.1, -0.05) is 33.6 Å². The molecule has 2 aliphatic rings. The number of nitrogens with one attached hydrogen (secondary N) is 2. The van der Waals surface area contributed by atoms with Gasteiger partial charge in [0.2, 0.25) is 5.91 Å². The zero-order valence-electron chi connectivity index (χ0n) is 13.7. The molecule has 1 aliphatic carbocycles. The van der Waals surface area contributed by atoms with E-state index in [-0.39, 0.29) is 5.92 Å². The van der Waals surface area contributed by atoms with Crippen LogP contribution >= 0.6 is 0 Å². The third-order valence-corrected chi connectivity index (χ3v) is 5.20. The number of carbonyl (C=O) groups excluding carboxylic acids is 1. The van der Waals surface area contributed by atoms with Crippen LogP contribution in [0.3, 0.4) is 0 Å². The molecule has 2 fully saturated rings. The highest BCUT2D eigenvalue weighted by molar-refractivity contribution is 5.79. The molecule has 1 amide bonds. The average molecular weight is 280 g/mol. The molecule has 3 heteroatoms. The lowest BCUT2D eigenvalue weighted by Crippen LogP contribution is -2.50. The van der Waals surface area contributed by atoms with Gasteiger partial charge < -0.3 is 10.6 Å². The SMILES string of the molecule is C[C@H]1C[C@@H](C(=O)NC2CCCCC2C(C)(C)C)CCN1. The lowest BCUT2D eigenvalue weighted by atomic mass is 9.69. The fourth-order valence-corrected chi connectivity index (χ4v) is 4.01. The van der Waals surface area contributed by atoms with Gasteiger partial charge in [-0.2, -0.15) is 0 Å². The second kappa shape index (κ2) is 6.46. The van der Waals surface area contributed by atoms with Crippen LogP contribution in [0.2, 0.25) is 0 Å². The average Bonchev–Trinajstić information content (AvgIpc) is 2.38. The summed E-state index contributed by atoms with van der Waals surface area (Å²) < 4.78 is 0. The Hall–Kier alpha value is -0.570. The van der Waals surface area contributed by atoms with Crippen molar-refractivity contribution in [1.82, 2.24) is 10.6 Å². The van der Waals surface area contributed by atoms with Crippen LogP contribution in [-0.4, -0.2) is 24.5 Å². The van der Waals surface area contributed by atoms with E-state index >= 15 is 0 Å². The van der Waals surface area contributed by atoms with E-state index in [0.717, 1.165) is 25.8 Å². The van der Waals surface area contributed by atoms with E-state index < -0.39 is 0 Å². The Morgan fingerprint density at radius 3 is 2.50 bits per heavy atom. The van der Waals surface area contributed by atoms with E-state index in [2.05, 4.69) is 38.3 Å². The van der Waals surface area contributed by atoms with Crippen molar-refractivity contribution in [2.75, 3.05) is 6.54 Å². The van der Waals surface area contributed by atoms with Crippen molar-refractivity contribution in [3.8, 4) is 0 Å². The van der Waals surface area contributed by atoms with Gasteiger partial charge in [0.05, 0.1) is 0 Å². The molecule has 4 atom stereocenters. The molecule has 20 heavy (non-hydrogen) atoms. The molecule has 1 aliphatic heterocycles. The molecule has 0 bridgehead atoms. The van der Waals surface area contributed by atoms with Crippen LogP contribution in [0, 0.1) is 17.3 Å². The number of hydrogen-bond donors (Lipinski definition) is 2. The van der Waals surface area contributed by atoms with E-state index in [0.29, 0.717) is 29.3 Å². The highest BCUT2D eigenvalue weighted by Gasteiger charge is 2.36. The van der Waals surface area contributed by atoms with Gasteiger partial charge in [0.1, 0.15) is 0 Å². The maximum Gasteiger partial charge on any atom is 0.223 e. The van der Waals surface area contributed by atoms with E-state index in [1.165, 1.54) is 19.3 Å². The Bertz CT molecular complexity index is 334. The van der Waals surface area contributed by atoms with Crippen molar-refractivity contribution in [1.29, 1.82) is 0 Å². The standard InChI is InChI=1S/C17H32N2O/c1-12-11-13(9-10-18-12)16(20)19-15-8-6-5-7-14(15)17(2,3)4/h12-15,18H,5-11H2,1-4H3,(H,19,20)/t12-,13-,14?,15?/m0/s1. The van der Waals surface area contributed by atoms with Crippen LogP contribution in [-0.2, 0) is 4.79 Å². The molecule has 116 valence electrons. The second-order valence-corrected chi connectivity index (χ2v) is 7.95. The molecule has 0 aromatic heterocycles. The number of carbonyl (C=O) groups is 1. The number of amides is 1. The zero-order chi connectivity index (χ0) is 14.8. The minimum absolute atomic E-state index is 0.216. The molecule has 2 rings (SSSR count). The van der Waals surface area contributed by atoms with Gasteiger partial charge >= 0.3 is 0 Å². The Kier molecular flexibility index (Phi) is 5.11. The monoisotopic (exact) mass is 280 g/mol. The Balaban J connectivity index is 1.94. The van der Waals surface area contributed by atoms with Gasteiger partial charge in [-0.25, -0.2) is 0 Å². The van der Waals surface area contributed by atoms with E-state index in [1.807, 2.05) is 0 Å². The predicted octanol–water partition coefficient (Wildman–Crippen LogP) is 3.10. The van der Waals surface area contributed by atoms with Crippen molar-refractivity contribution >= 4 is 5.91 Å². The van der Waals surface area contributed by atoms with Crippen LogP contribution < -0.4 is 10.6 Å². The fraction of sp³-hybridized carbons (Fsp3) is 0.941. The molecule has 0 aromatic carbocycles. The van der Waals surface area contributed by atoms with Gasteiger partial charge in [-0.3, -0.25) is 4.79 Å². The third kappa shape index (κ3) is 3.97. The summed E-state index contributed by atoms with van der Waals surface area (Å²) in [5.74, 6) is 1.15. The van der Waals surface area contributed by atoms with Crippen LogP contribution in [0.25, 0.3) is 0 Å². The largest absolute Gasteiger partial charge is 0.353 e. The van der Waals surface area contributed by atoms with E-state index in [1.54, 1.807) is 0 Å². The number of piperidine rings is 1. The summed E-state index contributed by atoms with van der Waals surface area (Å²) in [6.45, 7) is 10.1. The van der Waals surface area contributed by atoms with E-state index in [4.69, 9.17) is 0 Å². The minimum atomic E-state index is 0.216. The van der Waals surface area contributed by atoms with Crippen LogP contribution in [0.15, 0.2) is 0 Å². The molecular formula is C17H32N2O. The first-order valence-electron chi connectivity index (χ1n) is 8.41. The van der Waals surface area contributed by atoms with Crippen LogP contribution in [0.5, 0.6) is 0 Å². The summed E-state index contributed by atoms with van der Waals surface area (Å²) in [4.78, 5) is 12.5. The minimum Gasteiger partial charge on any atom is -0.353 e. The molecule has 2 N–H and O–H groups in total.